The van der Waals surface area contributed by atoms with Gasteiger partial charge in [0.1, 0.15) is 0 Å². The number of anilines is 1. The first kappa shape index (κ1) is 14.5. The molecule has 4 heteroatoms. The average Bonchev–Trinajstić information content (AvgIpc) is 2.37. The molecule has 0 aliphatic heterocycles. The summed E-state index contributed by atoms with van der Waals surface area (Å²) in [6, 6.07) is 7.63. The van der Waals surface area contributed by atoms with Gasteiger partial charge in [-0.15, -0.1) is 0 Å². The number of carbonyl (C=O) groups excluding carboxylic acids is 1. The molecule has 100 valence electrons. The van der Waals surface area contributed by atoms with E-state index in [9.17, 15) is 4.79 Å². The zero-order valence-corrected chi connectivity index (χ0v) is 11.3. The molecule has 1 aromatic carbocycles. The molecule has 18 heavy (non-hydrogen) atoms. The summed E-state index contributed by atoms with van der Waals surface area (Å²) in [6.45, 7) is 2.57. The number of aryl methyl sites for hydroxylation is 1. The van der Waals surface area contributed by atoms with E-state index >= 15 is 0 Å². The Labute approximate surface area is 109 Å². The summed E-state index contributed by atoms with van der Waals surface area (Å²) >= 11 is 0. The SMILES string of the molecule is COC(C)CN(C)C(=O)CCc1ccc(N)cc1. The van der Waals surface area contributed by atoms with Crippen LogP contribution in [0.25, 0.3) is 0 Å². The third kappa shape index (κ3) is 4.75. The van der Waals surface area contributed by atoms with Crippen LogP contribution in [0.5, 0.6) is 0 Å². The molecule has 1 unspecified atom stereocenters. The summed E-state index contributed by atoms with van der Waals surface area (Å²) in [5.74, 6) is 0.135. The van der Waals surface area contributed by atoms with Crippen LogP contribution in [0.3, 0.4) is 0 Å². The number of carbonyl (C=O) groups is 1. The van der Waals surface area contributed by atoms with Crippen molar-refractivity contribution >= 4 is 11.6 Å². The van der Waals surface area contributed by atoms with Crippen molar-refractivity contribution in [2.24, 2.45) is 0 Å². The van der Waals surface area contributed by atoms with Gasteiger partial charge in [-0.05, 0) is 31.0 Å². The summed E-state index contributed by atoms with van der Waals surface area (Å²) in [5, 5.41) is 0. The van der Waals surface area contributed by atoms with Crippen molar-refractivity contribution in [2.45, 2.75) is 25.9 Å². The molecule has 0 aliphatic carbocycles. The number of rotatable bonds is 6. The molecular formula is C14H22N2O2. The first-order chi connectivity index (χ1) is 8.52. The van der Waals surface area contributed by atoms with E-state index in [-0.39, 0.29) is 12.0 Å². The second-order valence-electron chi connectivity index (χ2n) is 4.56. The van der Waals surface area contributed by atoms with Gasteiger partial charge in [0.2, 0.25) is 5.91 Å². The van der Waals surface area contributed by atoms with Crippen LogP contribution in [-0.4, -0.2) is 37.6 Å². The smallest absolute Gasteiger partial charge is 0.222 e. The van der Waals surface area contributed by atoms with Crippen LogP contribution >= 0.6 is 0 Å². The van der Waals surface area contributed by atoms with Gasteiger partial charge in [0, 0.05) is 32.8 Å². The molecule has 0 aliphatic rings. The minimum absolute atomic E-state index is 0.0653. The maximum absolute atomic E-state index is 11.9. The van der Waals surface area contributed by atoms with Crippen LogP contribution in [0, 0.1) is 0 Å². The number of hydrogen-bond donors (Lipinski definition) is 1. The summed E-state index contributed by atoms with van der Waals surface area (Å²) < 4.78 is 5.14. The largest absolute Gasteiger partial charge is 0.399 e. The zero-order valence-electron chi connectivity index (χ0n) is 11.3. The molecule has 0 heterocycles. The van der Waals surface area contributed by atoms with Crippen molar-refractivity contribution in [2.75, 3.05) is 26.4 Å². The Bertz CT molecular complexity index is 376. The maximum Gasteiger partial charge on any atom is 0.222 e. The number of amides is 1. The number of nitrogens with zero attached hydrogens (tertiary/aromatic N) is 1. The van der Waals surface area contributed by atoms with Gasteiger partial charge < -0.3 is 15.4 Å². The van der Waals surface area contributed by atoms with Crippen molar-refractivity contribution in [3.05, 3.63) is 29.8 Å². The van der Waals surface area contributed by atoms with E-state index < -0.39 is 0 Å². The number of methoxy groups -OCH3 is 1. The van der Waals surface area contributed by atoms with Crippen molar-refractivity contribution in [3.8, 4) is 0 Å². The number of hydrogen-bond acceptors (Lipinski definition) is 3. The summed E-state index contributed by atoms with van der Waals surface area (Å²) in [6.07, 6.45) is 1.32. The highest BCUT2D eigenvalue weighted by Crippen LogP contribution is 2.08. The number of likely N-dealkylation sites (N-methyl/N-ethyl adjacent to an activating group) is 1. The van der Waals surface area contributed by atoms with Crippen LogP contribution in [0.2, 0.25) is 0 Å². The molecule has 2 N–H and O–H groups in total. The van der Waals surface area contributed by atoms with E-state index in [1.54, 1.807) is 19.1 Å². The molecule has 1 rings (SSSR count). The lowest BCUT2D eigenvalue weighted by Crippen LogP contribution is -2.33. The Kier molecular flexibility index (Phi) is 5.65. The van der Waals surface area contributed by atoms with Crippen LogP contribution in [0.15, 0.2) is 24.3 Å². The number of benzene rings is 1. The number of ether oxygens (including phenoxy) is 1. The molecule has 0 fully saturated rings. The van der Waals surface area contributed by atoms with Crippen molar-refractivity contribution in [3.63, 3.8) is 0 Å². The molecule has 0 saturated heterocycles. The highest BCUT2D eigenvalue weighted by Gasteiger charge is 2.11. The van der Waals surface area contributed by atoms with Crippen molar-refractivity contribution in [1.82, 2.24) is 4.90 Å². The van der Waals surface area contributed by atoms with Gasteiger partial charge in [-0.25, -0.2) is 0 Å². The Morgan fingerprint density at radius 2 is 2.00 bits per heavy atom. The van der Waals surface area contributed by atoms with E-state index in [1.807, 2.05) is 31.2 Å². The summed E-state index contributed by atoms with van der Waals surface area (Å²) in [7, 11) is 3.46. The van der Waals surface area contributed by atoms with Gasteiger partial charge in [-0.1, -0.05) is 12.1 Å². The lowest BCUT2D eigenvalue weighted by Gasteiger charge is -2.20. The third-order valence-electron chi connectivity index (χ3n) is 2.97. The molecule has 1 atom stereocenters. The molecule has 0 spiro atoms. The predicted octanol–water partition coefficient (Wildman–Crippen LogP) is 1.69. The Hall–Kier alpha value is -1.55. The van der Waals surface area contributed by atoms with Gasteiger partial charge in [0.25, 0.3) is 0 Å². The quantitative estimate of drug-likeness (QED) is 0.782. The minimum Gasteiger partial charge on any atom is -0.399 e. The lowest BCUT2D eigenvalue weighted by molar-refractivity contribution is -0.131. The van der Waals surface area contributed by atoms with E-state index in [0.29, 0.717) is 13.0 Å². The van der Waals surface area contributed by atoms with Gasteiger partial charge in [-0.2, -0.15) is 0 Å². The Morgan fingerprint density at radius 3 is 2.56 bits per heavy atom. The molecule has 1 amide bonds. The van der Waals surface area contributed by atoms with Gasteiger partial charge in [0.15, 0.2) is 0 Å². The normalized spacial score (nSPS) is 12.2. The topological polar surface area (TPSA) is 55.6 Å². The van der Waals surface area contributed by atoms with E-state index in [2.05, 4.69) is 0 Å². The highest BCUT2D eigenvalue weighted by atomic mass is 16.5. The Balaban J connectivity index is 2.38. The van der Waals surface area contributed by atoms with Crippen molar-refractivity contribution in [1.29, 1.82) is 0 Å². The average molecular weight is 250 g/mol. The van der Waals surface area contributed by atoms with Crippen LogP contribution in [-0.2, 0) is 16.0 Å². The minimum atomic E-state index is 0.0653. The molecule has 4 nitrogen and oxygen atoms in total. The molecular weight excluding hydrogens is 228 g/mol. The van der Waals surface area contributed by atoms with Gasteiger partial charge in [0.05, 0.1) is 6.10 Å². The van der Waals surface area contributed by atoms with E-state index in [0.717, 1.165) is 17.7 Å². The molecule has 0 saturated carbocycles. The second-order valence-corrected chi connectivity index (χ2v) is 4.56. The predicted molar refractivity (Wildman–Crippen MR) is 73.3 cm³/mol. The maximum atomic E-state index is 11.9. The van der Waals surface area contributed by atoms with Gasteiger partial charge >= 0.3 is 0 Å². The first-order valence-electron chi connectivity index (χ1n) is 6.14. The molecule has 1 aromatic rings. The van der Waals surface area contributed by atoms with Crippen LogP contribution in [0.4, 0.5) is 5.69 Å². The van der Waals surface area contributed by atoms with Crippen molar-refractivity contribution < 1.29 is 9.53 Å². The first-order valence-corrected chi connectivity index (χ1v) is 6.14. The fraction of sp³-hybridized carbons (Fsp3) is 0.500. The monoisotopic (exact) mass is 250 g/mol. The molecule has 0 bridgehead atoms. The second kappa shape index (κ2) is 7.01. The zero-order chi connectivity index (χ0) is 13.5. The molecule has 0 radical (unpaired) electrons. The van der Waals surface area contributed by atoms with E-state index in [4.69, 9.17) is 10.5 Å². The fourth-order valence-corrected chi connectivity index (χ4v) is 1.69. The lowest BCUT2D eigenvalue weighted by atomic mass is 10.1. The number of nitrogen functional groups attached to an aromatic ring is 1. The third-order valence-corrected chi connectivity index (χ3v) is 2.97. The van der Waals surface area contributed by atoms with Gasteiger partial charge in [-0.3, -0.25) is 4.79 Å². The van der Waals surface area contributed by atoms with E-state index in [1.165, 1.54) is 0 Å². The van der Waals surface area contributed by atoms with Crippen LogP contribution in [0.1, 0.15) is 18.9 Å². The summed E-state index contributed by atoms with van der Waals surface area (Å²) in [4.78, 5) is 13.6. The van der Waals surface area contributed by atoms with Crippen LogP contribution < -0.4 is 5.73 Å². The summed E-state index contributed by atoms with van der Waals surface area (Å²) in [5.41, 5.74) is 7.49. The molecule has 0 aromatic heterocycles. The Morgan fingerprint density at radius 1 is 1.39 bits per heavy atom. The standard InChI is InChI=1S/C14H22N2O2/c1-11(18-3)10-16(2)14(17)9-6-12-4-7-13(15)8-5-12/h4-5,7-8,11H,6,9-10,15H2,1-3H3. The highest BCUT2D eigenvalue weighted by molar-refractivity contribution is 5.76. The fourth-order valence-electron chi connectivity index (χ4n) is 1.69. The number of nitrogens with two attached hydrogens (primary N) is 1.